The largest absolute Gasteiger partial charge is 0.416 e. The summed E-state index contributed by atoms with van der Waals surface area (Å²) in [6.45, 7) is 5.85. The molecule has 2 aliphatic rings. The van der Waals surface area contributed by atoms with Crippen molar-refractivity contribution in [1.29, 1.82) is 0 Å². The Morgan fingerprint density at radius 3 is 2.15 bits per heavy atom. The summed E-state index contributed by atoms with van der Waals surface area (Å²) in [5.41, 5.74) is -2.38. The number of carbonyl (C=O) groups excluding carboxylic acids is 1. The number of halogens is 6. The normalized spacial score (nSPS) is 20.1. The minimum absolute atomic E-state index is 0.0138. The third-order valence-corrected chi connectivity index (χ3v) is 6.40. The molecule has 0 unspecified atom stereocenters. The summed E-state index contributed by atoms with van der Waals surface area (Å²) in [5, 5.41) is 0. The zero-order valence-electron chi connectivity index (χ0n) is 18.0. The minimum atomic E-state index is -4.88. The number of hydrogen-bond donors (Lipinski definition) is 0. The van der Waals surface area contributed by atoms with E-state index in [0.717, 1.165) is 31.8 Å². The van der Waals surface area contributed by atoms with Crippen molar-refractivity contribution in [1.82, 2.24) is 19.4 Å². The number of carbonyl (C=O) groups is 1. The van der Waals surface area contributed by atoms with E-state index in [9.17, 15) is 31.1 Å². The Morgan fingerprint density at radius 2 is 1.61 bits per heavy atom. The zero-order chi connectivity index (χ0) is 24.0. The van der Waals surface area contributed by atoms with E-state index in [-0.39, 0.29) is 29.8 Å². The Morgan fingerprint density at radius 1 is 1.00 bits per heavy atom. The van der Waals surface area contributed by atoms with Gasteiger partial charge in [-0.15, -0.1) is 0 Å². The molecule has 11 heteroatoms. The summed E-state index contributed by atoms with van der Waals surface area (Å²) in [6.07, 6.45) is -7.50. The zero-order valence-corrected chi connectivity index (χ0v) is 18.0. The Hall–Kier alpha value is -2.56. The molecule has 2 aliphatic heterocycles. The smallest absolute Gasteiger partial charge is 0.335 e. The highest BCUT2D eigenvalue weighted by atomic mass is 19.4. The lowest BCUT2D eigenvalue weighted by atomic mass is 9.89. The summed E-state index contributed by atoms with van der Waals surface area (Å²) in [5.74, 6) is -0.140. The maximum Gasteiger partial charge on any atom is 0.416 e. The van der Waals surface area contributed by atoms with E-state index in [1.165, 1.54) is 0 Å². The van der Waals surface area contributed by atoms with Gasteiger partial charge in [0.15, 0.2) is 0 Å². The quantitative estimate of drug-likeness (QED) is 0.619. The van der Waals surface area contributed by atoms with Gasteiger partial charge in [-0.2, -0.15) is 26.3 Å². The summed E-state index contributed by atoms with van der Waals surface area (Å²) in [4.78, 5) is 21.2. The lowest BCUT2D eigenvalue weighted by molar-refractivity contribution is -0.143. The number of nitrogens with zero attached hydrogens (tertiary/aromatic N) is 4. The molecule has 0 saturated carbocycles. The van der Waals surface area contributed by atoms with Crippen LogP contribution in [0.4, 0.5) is 26.3 Å². The molecule has 1 saturated heterocycles. The van der Waals surface area contributed by atoms with Crippen molar-refractivity contribution in [3.63, 3.8) is 0 Å². The molecule has 0 aliphatic carbocycles. The second-order valence-corrected chi connectivity index (χ2v) is 8.50. The molecular formula is C22H24F6N4O. The van der Waals surface area contributed by atoms with Gasteiger partial charge < -0.3 is 14.4 Å². The lowest BCUT2D eigenvalue weighted by Gasteiger charge is -2.33. The van der Waals surface area contributed by atoms with Gasteiger partial charge in [0, 0.05) is 51.3 Å². The number of likely N-dealkylation sites (N-methyl/N-ethyl adjacent to an activating group) is 1. The van der Waals surface area contributed by atoms with Crippen LogP contribution < -0.4 is 0 Å². The van der Waals surface area contributed by atoms with Gasteiger partial charge in [-0.05, 0) is 36.7 Å². The highest BCUT2D eigenvalue weighted by molar-refractivity contribution is 5.92. The van der Waals surface area contributed by atoms with Crippen LogP contribution in [0.1, 0.15) is 52.3 Å². The van der Waals surface area contributed by atoms with Crippen LogP contribution in [0.15, 0.2) is 24.4 Å². The topological polar surface area (TPSA) is 41.4 Å². The Balaban J connectivity index is 1.55. The molecule has 1 atom stereocenters. The molecule has 0 N–H and O–H groups in total. The SMILES string of the molecule is CCN1CCN(C(=O)c2cn3c(n2)CC[C@@H](c2cc(C(F)(F)F)cc(C(F)(F)F)c2)C3)CC1. The van der Waals surface area contributed by atoms with Crippen molar-refractivity contribution in [3.05, 3.63) is 52.6 Å². The van der Waals surface area contributed by atoms with Gasteiger partial charge in [-0.3, -0.25) is 4.79 Å². The van der Waals surface area contributed by atoms with Crippen LogP contribution in [-0.4, -0.2) is 58.0 Å². The molecule has 0 bridgehead atoms. The van der Waals surface area contributed by atoms with Crippen molar-refractivity contribution in [3.8, 4) is 0 Å². The molecule has 1 fully saturated rings. The number of piperazine rings is 1. The molecule has 5 nitrogen and oxygen atoms in total. The average Bonchev–Trinajstić information content (AvgIpc) is 3.20. The second kappa shape index (κ2) is 8.66. The van der Waals surface area contributed by atoms with Crippen LogP contribution in [-0.2, 0) is 25.3 Å². The summed E-state index contributed by atoms with van der Waals surface area (Å²) in [6, 6.07) is 1.73. The molecule has 1 aromatic heterocycles. The Kier molecular flexibility index (Phi) is 6.19. The van der Waals surface area contributed by atoms with Crippen LogP contribution in [0.2, 0.25) is 0 Å². The van der Waals surface area contributed by atoms with Crippen LogP contribution in [0.3, 0.4) is 0 Å². The van der Waals surface area contributed by atoms with E-state index < -0.39 is 29.4 Å². The standard InChI is InChI=1S/C22H24F6N4O/c1-2-30-5-7-31(8-6-30)20(33)18-13-32-12-14(3-4-19(32)29-18)15-9-16(21(23,24)25)11-17(10-15)22(26,27)28/h9-11,13-14H,2-8,12H2,1H3/t14-/m1/s1. The maximum atomic E-state index is 13.2. The fraction of sp³-hybridized carbons (Fsp3) is 0.545. The van der Waals surface area contributed by atoms with Crippen molar-refractivity contribution < 1.29 is 31.1 Å². The number of aromatic nitrogens is 2. The van der Waals surface area contributed by atoms with Crippen molar-refractivity contribution in [2.45, 2.75) is 44.6 Å². The number of imidazole rings is 1. The van der Waals surface area contributed by atoms with Gasteiger partial charge in [0.05, 0.1) is 11.1 Å². The Bertz CT molecular complexity index is 989. The van der Waals surface area contributed by atoms with Gasteiger partial charge in [0.1, 0.15) is 11.5 Å². The second-order valence-electron chi connectivity index (χ2n) is 8.50. The van der Waals surface area contributed by atoms with E-state index in [2.05, 4.69) is 16.8 Å². The number of amides is 1. The number of alkyl halides is 6. The summed E-state index contributed by atoms with van der Waals surface area (Å²) >= 11 is 0. The predicted octanol–water partition coefficient (Wildman–Crippen LogP) is 4.43. The molecule has 3 heterocycles. The monoisotopic (exact) mass is 474 g/mol. The molecule has 180 valence electrons. The number of hydrogen-bond acceptors (Lipinski definition) is 3. The first-order valence-electron chi connectivity index (χ1n) is 10.8. The van der Waals surface area contributed by atoms with Crippen molar-refractivity contribution in [2.75, 3.05) is 32.7 Å². The minimum Gasteiger partial charge on any atom is -0.335 e. The van der Waals surface area contributed by atoms with Crippen LogP contribution in [0.5, 0.6) is 0 Å². The molecule has 33 heavy (non-hydrogen) atoms. The predicted molar refractivity (Wildman–Crippen MR) is 108 cm³/mol. The number of fused-ring (bicyclic) bond motifs is 1. The molecule has 0 spiro atoms. The van der Waals surface area contributed by atoms with Crippen LogP contribution in [0.25, 0.3) is 0 Å². The van der Waals surface area contributed by atoms with Crippen LogP contribution >= 0.6 is 0 Å². The number of aryl methyl sites for hydroxylation is 1. The lowest BCUT2D eigenvalue weighted by Crippen LogP contribution is -2.48. The first-order chi connectivity index (χ1) is 15.5. The fourth-order valence-corrected chi connectivity index (χ4v) is 4.46. The molecular weight excluding hydrogens is 450 g/mol. The van der Waals surface area contributed by atoms with E-state index >= 15 is 0 Å². The first kappa shape index (κ1) is 23.6. The third kappa shape index (κ3) is 5.02. The first-order valence-corrected chi connectivity index (χ1v) is 10.8. The van der Waals surface area contributed by atoms with Gasteiger partial charge >= 0.3 is 12.4 Å². The average molecular weight is 474 g/mol. The van der Waals surface area contributed by atoms with Gasteiger partial charge in [-0.25, -0.2) is 4.98 Å². The molecule has 1 aromatic carbocycles. The third-order valence-electron chi connectivity index (χ3n) is 6.40. The summed E-state index contributed by atoms with van der Waals surface area (Å²) < 4.78 is 81.1. The summed E-state index contributed by atoms with van der Waals surface area (Å²) in [7, 11) is 0. The van der Waals surface area contributed by atoms with Crippen molar-refractivity contribution >= 4 is 5.91 Å². The molecule has 2 aromatic rings. The van der Waals surface area contributed by atoms with E-state index in [1.54, 1.807) is 15.7 Å². The number of rotatable bonds is 3. The van der Waals surface area contributed by atoms with E-state index in [4.69, 9.17) is 0 Å². The molecule has 0 radical (unpaired) electrons. The highest BCUT2D eigenvalue weighted by Gasteiger charge is 2.38. The Labute approximate surface area is 187 Å². The van der Waals surface area contributed by atoms with Crippen LogP contribution in [0, 0.1) is 0 Å². The van der Waals surface area contributed by atoms with E-state index in [1.807, 2.05) is 0 Å². The molecule has 1 amide bonds. The van der Waals surface area contributed by atoms with E-state index in [0.29, 0.717) is 31.8 Å². The van der Waals surface area contributed by atoms with Gasteiger partial charge in [0.25, 0.3) is 5.91 Å². The number of benzene rings is 1. The van der Waals surface area contributed by atoms with Gasteiger partial charge in [0.2, 0.25) is 0 Å². The maximum absolute atomic E-state index is 13.2. The fourth-order valence-electron chi connectivity index (χ4n) is 4.46. The molecule has 4 rings (SSSR count). The highest BCUT2D eigenvalue weighted by Crippen LogP contribution is 2.39. The van der Waals surface area contributed by atoms with Crippen molar-refractivity contribution in [2.24, 2.45) is 0 Å². The van der Waals surface area contributed by atoms with Gasteiger partial charge in [-0.1, -0.05) is 6.92 Å².